The summed E-state index contributed by atoms with van der Waals surface area (Å²) >= 11 is 12.3. The van der Waals surface area contributed by atoms with Crippen LogP contribution < -0.4 is 10.1 Å². The zero-order valence-corrected chi connectivity index (χ0v) is 19.7. The van der Waals surface area contributed by atoms with E-state index >= 15 is 0 Å². The standard InChI is InChI=1S/C26H20Cl2N2O4/c1-2-33-26(32)17-7-10-22(11-8-17)30-25(31)20(15-29)13-19-14-21(27)9-12-24(19)34-16-18-5-3-4-6-23(18)28/h3-14H,2,16H2,1H3,(H,30,31)/b20-13+. The summed E-state index contributed by atoms with van der Waals surface area (Å²) < 4.78 is 10.8. The molecule has 34 heavy (non-hydrogen) atoms. The molecule has 1 N–H and O–H groups in total. The molecule has 0 aliphatic heterocycles. The number of carbonyl (C=O) groups excluding carboxylic acids is 2. The fourth-order valence-electron chi connectivity index (χ4n) is 2.94. The molecule has 1 amide bonds. The zero-order valence-electron chi connectivity index (χ0n) is 18.2. The Morgan fingerprint density at radius 3 is 2.47 bits per heavy atom. The first-order chi connectivity index (χ1) is 16.4. The molecule has 3 aromatic rings. The molecule has 6 nitrogen and oxygen atoms in total. The van der Waals surface area contributed by atoms with Crippen molar-refractivity contribution in [3.63, 3.8) is 0 Å². The van der Waals surface area contributed by atoms with Gasteiger partial charge in [0.25, 0.3) is 5.91 Å². The predicted octanol–water partition coefficient (Wildman–Crippen LogP) is 6.29. The van der Waals surface area contributed by atoms with E-state index in [1.165, 1.54) is 18.2 Å². The lowest BCUT2D eigenvalue weighted by Crippen LogP contribution is -2.14. The van der Waals surface area contributed by atoms with E-state index in [0.29, 0.717) is 32.6 Å². The molecule has 8 heteroatoms. The van der Waals surface area contributed by atoms with Crippen molar-refractivity contribution in [2.75, 3.05) is 11.9 Å². The minimum atomic E-state index is -0.622. The number of esters is 1. The van der Waals surface area contributed by atoms with E-state index in [9.17, 15) is 14.9 Å². The highest BCUT2D eigenvalue weighted by molar-refractivity contribution is 6.31. The molecule has 0 aromatic heterocycles. The van der Waals surface area contributed by atoms with Gasteiger partial charge in [-0.1, -0.05) is 41.4 Å². The average molecular weight is 495 g/mol. The van der Waals surface area contributed by atoms with E-state index < -0.39 is 11.9 Å². The Morgan fingerprint density at radius 2 is 1.79 bits per heavy atom. The van der Waals surface area contributed by atoms with E-state index in [-0.39, 0.29) is 18.8 Å². The molecular formula is C26H20Cl2N2O4. The Bertz CT molecular complexity index is 1260. The second kappa shape index (κ2) is 11.9. The van der Waals surface area contributed by atoms with Crippen LogP contribution in [0.2, 0.25) is 10.0 Å². The minimum Gasteiger partial charge on any atom is -0.488 e. The largest absolute Gasteiger partial charge is 0.488 e. The lowest BCUT2D eigenvalue weighted by molar-refractivity contribution is -0.112. The maximum atomic E-state index is 12.7. The summed E-state index contributed by atoms with van der Waals surface area (Å²) in [6.07, 6.45) is 1.40. The lowest BCUT2D eigenvalue weighted by atomic mass is 10.1. The molecule has 3 aromatic carbocycles. The van der Waals surface area contributed by atoms with Crippen molar-refractivity contribution in [2.24, 2.45) is 0 Å². The summed E-state index contributed by atoms with van der Waals surface area (Å²) in [5.74, 6) is -0.643. The molecule has 0 aliphatic rings. The molecule has 0 atom stereocenters. The summed E-state index contributed by atoms with van der Waals surface area (Å²) in [7, 11) is 0. The summed E-state index contributed by atoms with van der Waals surface area (Å²) in [5, 5.41) is 13.2. The highest BCUT2D eigenvalue weighted by Crippen LogP contribution is 2.27. The third-order valence-electron chi connectivity index (χ3n) is 4.63. The topological polar surface area (TPSA) is 88.4 Å². The minimum absolute atomic E-state index is 0.153. The molecule has 0 heterocycles. The van der Waals surface area contributed by atoms with Crippen LogP contribution in [0.25, 0.3) is 6.08 Å². The molecule has 0 saturated heterocycles. The normalized spacial score (nSPS) is 10.8. The number of hydrogen-bond acceptors (Lipinski definition) is 5. The second-order valence-corrected chi connectivity index (χ2v) is 7.83. The number of anilines is 1. The molecular weight excluding hydrogens is 475 g/mol. The van der Waals surface area contributed by atoms with E-state index in [1.807, 2.05) is 24.3 Å². The quantitative estimate of drug-likeness (QED) is 0.225. The number of carbonyl (C=O) groups is 2. The Labute approximate surface area is 207 Å². The van der Waals surface area contributed by atoms with Gasteiger partial charge in [-0.25, -0.2) is 4.79 Å². The van der Waals surface area contributed by atoms with Crippen LogP contribution in [0.1, 0.15) is 28.4 Å². The maximum absolute atomic E-state index is 12.7. The van der Waals surface area contributed by atoms with Gasteiger partial charge in [0.15, 0.2) is 0 Å². The van der Waals surface area contributed by atoms with Crippen molar-refractivity contribution >= 4 is 46.8 Å². The fraction of sp³-hybridized carbons (Fsp3) is 0.115. The van der Waals surface area contributed by atoms with E-state index in [0.717, 1.165) is 5.56 Å². The number of halogens is 2. The van der Waals surface area contributed by atoms with Crippen molar-refractivity contribution in [1.82, 2.24) is 0 Å². The Morgan fingerprint density at radius 1 is 1.06 bits per heavy atom. The Hall–Kier alpha value is -3.79. The van der Waals surface area contributed by atoms with Gasteiger partial charge in [-0.3, -0.25) is 4.79 Å². The monoisotopic (exact) mass is 494 g/mol. The first kappa shape index (κ1) is 24.8. The molecule has 3 rings (SSSR count). The van der Waals surface area contributed by atoms with Crippen molar-refractivity contribution < 1.29 is 19.1 Å². The van der Waals surface area contributed by atoms with Crippen LogP contribution in [-0.2, 0) is 16.1 Å². The molecule has 0 radical (unpaired) electrons. The highest BCUT2D eigenvalue weighted by Gasteiger charge is 2.13. The molecule has 0 unspecified atom stereocenters. The highest BCUT2D eigenvalue weighted by atomic mass is 35.5. The van der Waals surface area contributed by atoms with Crippen LogP contribution in [0.5, 0.6) is 5.75 Å². The van der Waals surface area contributed by atoms with Gasteiger partial charge in [-0.15, -0.1) is 0 Å². The number of benzene rings is 3. The number of nitrogens with zero attached hydrogens (tertiary/aromatic N) is 1. The first-order valence-electron chi connectivity index (χ1n) is 10.3. The maximum Gasteiger partial charge on any atom is 0.338 e. The number of nitrogens with one attached hydrogen (secondary N) is 1. The number of ether oxygens (including phenoxy) is 2. The molecule has 0 saturated carbocycles. The third-order valence-corrected chi connectivity index (χ3v) is 5.24. The number of nitriles is 1. The van der Waals surface area contributed by atoms with Crippen LogP contribution in [0.3, 0.4) is 0 Å². The summed E-state index contributed by atoms with van der Waals surface area (Å²) in [6, 6.07) is 20.3. The second-order valence-electron chi connectivity index (χ2n) is 6.98. The van der Waals surface area contributed by atoms with Crippen molar-refractivity contribution in [3.8, 4) is 11.8 Å². The Balaban J connectivity index is 1.78. The van der Waals surface area contributed by atoms with Gasteiger partial charge in [0, 0.05) is 26.9 Å². The summed E-state index contributed by atoms with van der Waals surface area (Å²) in [6.45, 7) is 2.18. The summed E-state index contributed by atoms with van der Waals surface area (Å²) in [4.78, 5) is 24.5. The molecule has 0 fully saturated rings. The van der Waals surface area contributed by atoms with Crippen molar-refractivity contribution in [1.29, 1.82) is 5.26 Å². The first-order valence-corrected chi connectivity index (χ1v) is 11.0. The third kappa shape index (κ3) is 6.61. The van der Waals surface area contributed by atoms with Gasteiger partial charge in [0.05, 0.1) is 12.2 Å². The number of amides is 1. The van der Waals surface area contributed by atoms with Gasteiger partial charge in [0.1, 0.15) is 24.0 Å². The van der Waals surface area contributed by atoms with Crippen LogP contribution in [0.4, 0.5) is 5.69 Å². The van der Waals surface area contributed by atoms with E-state index in [1.54, 1.807) is 43.3 Å². The van der Waals surface area contributed by atoms with Crippen LogP contribution in [-0.4, -0.2) is 18.5 Å². The Kier molecular flexibility index (Phi) is 8.69. The van der Waals surface area contributed by atoms with Gasteiger partial charge >= 0.3 is 5.97 Å². The van der Waals surface area contributed by atoms with E-state index in [2.05, 4.69) is 5.32 Å². The van der Waals surface area contributed by atoms with Gasteiger partial charge in [0.2, 0.25) is 0 Å². The van der Waals surface area contributed by atoms with Crippen LogP contribution in [0.15, 0.2) is 72.3 Å². The van der Waals surface area contributed by atoms with Crippen molar-refractivity contribution in [2.45, 2.75) is 13.5 Å². The van der Waals surface area contributed by atoms with Crippen LogP contribution >= 0.6 is 23.2 Å². The van der Waals surface area contributed by atoms with Crippen molar-refractivity contribution in [3.05, 3.63) is 99.0 Å². The fourth-order valence-corrected chi connectivity index (χ4v) is 3.31. The molecule has 0 bridgehead atoms. The lowest BCUT2D eigenvalue weighted by Gasteiger charge is -2.11. The number of hydrogen-bond donors (Lipinski definition) is 1. The molecule has 172 valence electrons. The summed E-state index contributed by atoms with van der Waals surface area (Å²) in [5.41, 5.74) is 1.87. The molecule has 0 aliphatic carbocycles. The van der Waals surface area contributed by atoms with E-state index in [4.69, 9.17) is 32.7 Å². The zero-order chi connectivity index (χ0) is 24.5. The number of rotatable bonds is 8. The van der Waals surface area contributed by atoms with Gasteiger partial charge < -0.3 is 14.8 Å². The average Bonchev–Trinajstić information content (AvgIpc) is 2.83. The van der Waals surface area contributed by atoms with Gasteiger partial charge in [-0.2, -0.15) is 5.26 Å². The van der Waals surface area contributed by atoms with Crippen LogP contribution in [0, 0.1) is 11.3 Å². The predicted molar refractivity (Wildman–Crippen MR) is 132 cm³/mol. The molecule has 0 spiro atoms. The smallest absolute Gasteiger partial charge is 0.338 e. The van der Waals surface area contributed by atoms with Gasteiger partial charge in [-0.05, 0) is 61.5 Å². The SMILES string of the molecule is CCOC(=O)c1ccc(NC(=O)/C(C#N)=C/c2cc(Cl)ccc2OCc2ccccc2Cl)cc1.